The highest BCUT2D eigenvalue weighted by Crippen LogP contribution is 2.23. The molecule has 0 bridgehead atoms. The SMILES string of the molecule is CCC(=O)c1sccc1[CH]OC1CCCCO1. The summed E-state index contributed by atoms with van der Waals surface area (Å²) in [6, 6.07) is 1.91. The van der Waals surface area contributed by atoms with Crippen LogP contribution in [-0.2, 0) is 9.47 Å². The van der Waals surface area contributed by atoms with E-state index in [2.05, 4.69) is 0 Å². The van der Waals surface area contributed by atoms with E-state index in [-0.39, 0.29) is 12.1 Å². The fraction of sp³-hybridized carbons (Fsp3) is 0.538. The summed E-state index contributed by atoms with van der Waals surface area (Å²) in [4.78, 5) is 12.4. The number of ether oxygens (including phenoxy) is 2. The van der Waals surface area contributed by atoms with Crippen molar-refractivity contribution >= 4 is 17.1 Å². The first kappa shape index (κ1) is 12.7. The van der Waals surface area contributed by atoms with Gasteiger partial charge in [-0.2, -0.15) is 0 Å². The molecule has 0 saturated carbocycles. The molecule has 1 radical (unpaired) electrons. The van der Waals surface area contributed by atoms with Crippen LogP contribution in [0.3, 0.4) is 0 Å². The lowest BCUT2D eigenvalue weighted by Crippen LogP contribution is -2.21. The predicted octanol–water partition coefficient (Wildman–Crippen LogP) is 3.39. The van der Waals surface area contributed by atoms with Crippen molar-refractivity contribution in [3.63, 3.8) is 0 Å². The van der Waals surface area contributed by atoms with Gasteiger partial charge in [0.05, 0.1) is 4.88 Å². The molecular weight excluding hydrogens is 236 g/mol. The molecule has 3 nitrogen and oxygen atoms in total. The van der Waals surface area contributed by atoms with Gasteiger partial charge in [0.25, 0.3) is 0 Å². The monoisotopic (exact) mass is 253 g/mol. The first-order valence-electron chi connectivity index (χ1n) is 6.02. The van der Waals surface area contributed by atoms with Gasteiger partial charge in [-0.3, -0.25) is 4.79 Å². The van der Waals surface area contributed by atoms with Gasteiger partial charge >= 0.3 is 0 Å². The van der Waals surface area contributed by atoms with Crippen LogP contribution in [0.4, 0.5) is 0 Å². The van der Waals surface area contributed by atoms with Crippen molar-refractivity contribution in [1.29, 1.82) is 0 Å². The first-order valence-corrected chi connectivity index (χ1v) is 6.90. The van der Waals surface area contributed by atoms with E-state index in [0.29, 0.717) is 6.42 Å². The second-order valence-corrected chi connectivity index (χ2v) is 4.95. The van der Waals surface area contributed by atoms with Crippen molar-refractivity contribution < 1.29 is 14.3 Å². The molecule has 2 rings (SSSR count). The number of Topliss-reactive ketones (excluding diaryl/α,β-unsaturated/α-hetero) is 1. The lowest BCUT2D eigenvalue weighted by molar-refractivity contribution is -0.139. The van der Waals surface area contributed by atoms with E-state index < -0.39 is 0 Å². The summed E-state index contributed by atoms with van der Waals surface area (Å²) in [5.41, 5.74) is 0.871. The molecule has 1 saturated heterocycles. The maximum Gasteiger partial charge on any atom is 0.172 e. The van der Waals surface area contributed by atoms with Crippen molar-refractivity contribution in [1.82, 2.24) is 0 Å². The van der Waals surface area contributed by atoms with Gasteiger partial charge in [-0.15, -0.1) is 11.3 Å². The third kappa shape index (κ3) is 3.37. The number of thiophene rings is 1. The molecule has 1 aromatic rings. The zero-order chi connectivity index (χ0) is 12.1. The van der Waals surface area contributed by atoms with Crippen LogP contribution in [-0.4, -0.2) is 18.7 Å². The molecule has 1 fully saturated rings. The Morgan fingerprint density at radius 2 is 2.53 bits per heavy atom. The van der Waals surface area contributed by atoms with E-state index in [0.717, 1.165) is 36.3 Å². The minimum absolute atomic E-state index is 0.145. The van der Waals surface area contributed by atoms with Crippen LogP contribution in [0.5, 0.6) is 0 Å². The van der Waals surface area contributed by atoms with E-state index in [4.69, 9.17) is 9.47 Å². The zero-order valence-corrected chi connectivity index (χ0v) is 10.8. The molecule has 1 aromatic heterocycles. The van der Waals surface area contributed by atoms with Crippen LogP contribution in [0.2, 0.25) is 0 Å². The lowest BCUT2D eigenvalue weighted by Gasteiger charge is -2.22. The Hall–Kier alpha value is -0.710. The molecule has 0 aromatic carbocycles. The number of carbonyl (C=O) groups excluding carboxylic acids is 1. The van der Waals surface area contributed by atoms with Crippen LogP contribution in [0.1, 0.15) is 47.8 Å². The van der Waals surface area contributed by atoms with Gasteiger partial charge in [0.15, 0.2) is 12.1 Å². The number of hydrogen-bond acceptors (Lipinski definition) is 4. The number of rotatable bonds is 5. The largest absolute Gasteiger partial charge is 0.353 e. The molecule has 0 spiro atoms. The van der Waals surface area contributed by atoms with Gasteiger partial charge in [-0.1, -0.05) is 6.92 Å². The standard InChI is InChI=1S/C13H17O3S/c1-2-11(14)13-10(6-8-17-13)9-16-12-5-3-4-7-15-12/h6,8-9,12H,2-5,7H2,1H3. The maximum atomic E-state index is 11.7. The van der Waals surface area contributed by atoms with Crippen molar-refractivity contribution in [2.75, 3.05) is 6.61 Å². The normalized spacial score (nSPS) is 20.4. The van der Waals surface area contributed by atoms with E-state index in [1.165, 1.54) is 11.3 Å². The minimum Gasteiger partial charge on any atom is -0.353 e. The van der Waals surface area contributed by atoms with E-state index in [1.807, 2.05) is 18.4 Å². The molecule has 1 unspecified atom stereocenters. The second kappa shape index (κ2) is 6.28. The second-order valence-electron chi connectivity index (χ2n) is 4.03. The predicted molar refractivity (Wildman–Crippen MR) is 67.0 cm³/mol. The average molecular weight is 253 g/mol. The van der Waals surface area contributed by atoms with Crippen molar-refractivity contribution in [2.45, 2.75) is 38.9 Å². The van der Waals surface area contributed by atoms with Gasteiger partial charge < -0.3 is 9.47 Å². The van der Waals surface area contributed by atoms with Gasteiger partial charge in [0.1, 0.15) is 6.61 Å². The Morgan fingerprint density at radius 1 is 1.65 bits per heavy atom. The van der Waals surface area contributed by atoms with Crippen LogP contribution >= 0.6 is 11.3 Å². The van der Waals surface area contributed by atoms with Crippen molar-refractivity contribution in [3.8, 4) is 0 Å². The Labute approximate surface area is 106 Å². The first-order chi connectivity index (χ1) is 8.31. The Bertz CT molecular complexity index is 366. The summed E-state index contributed by atoms with van der Waals surface area (Å²) < 4.78 is 11.0. The Morgan fingerprint density at radius 3 is 3.24 bits per heavy atom. The molecule has 0 aliphatic carbocycles. The molecule has 17 heavy (non-hydrogen) atoms. The highest BCUT2D eigenvalue weighted by atomic mass is 32.1. The minimum atomic E-state index is -0.145. The Kier molecular flexibility index (Phi) is 4.71. The zero-order valence-electron chi connectivity index (χ0n) is 9.98. The molecule has 2 heterocycles. The Balaban J connectivity index is 1.89. The number of carbonyl (C=O) groups is 1. The van der Waals surface area contributed by atoms with Crippen molar-refractivity contribution in [2.24, 2.45) is 0 Å². The highest BCUT2D eigenvalue weighted by molar-refractivity contribution is 7.12. The third-order valence-electron chi connectivity index (χ3n) is 2.75. The average Bonchev–Trinajstić information content (AvgIpc) is 2.85. The molecule has 93 valence electrons. The molecule has 0 N–H and O–H groups in total. The summed E-state index contributed by atoms with van der Waals surface area (Å²) in [6.07, 6.45) is 3.56. The molecular formula is C13H17O3S. The molecule has 1 aliphatic rings. The topological polar surface area (TPSA) is 35.5 Å². The molecule has 0 amide bonds. The van der Waals surface area contributed by atoms with Crippen LogP contribution in [0.25, 0.3) is 0 Å². The quantitative estimate of drug-likeness (QED) is 0.754. The molecule has 1 aliphatic heterocycles. The van der Waals surface area contributed by atoms with Crippen LogP contribution in [0, 0.1) is 6.61 Å². The van der Waals surface area contributed by atoms with Crippen LogP contribution in [0.15, 0.2) is 11.4 Å². The fourth-order valence-electron chi connectivity index (χ4n) is 1.77. The van der Waals surface area contributed by atoms with Gasteiger partial charge in [-0.25, -0.2) is 0 Å². The smallest absolute Gasteiger partial charge is 0.172 e. The lowest BCUT2D eigenvalue weighted by atomic mass is 10.2. The molecule has 4 heteroatoms. The number of hydrogen-bond donors (Lipinski definition) is 0. The fourth-order valence-corrected chi connectivity index (χ4v) is 2.65. The summed E-state index contributed by atoms with van der Waals surface area (Å²) in [5, 5.41) is 1.92. The third-order valence-corrected chi connectivity index (χ3v) is 3.73. The van der Waals surface area contributed by atoms with Crippen LogP contribution < -0.4 is 0 Å². The van der Waals surface area contributed by atoms with Gasteiger partial charge in [0.2, 0.25) is 0 Å². The maximum absolute atomic E-state index is 11.7. The van der Waals surface area contributed by atoms with E-state index in [1.54, 1.807) is 6.61 Å². The number of ketones is 1. The van der Waals surface area contributed by atoms with Crippen molar-refractivity contribution in [3.05, 3.63) is 28.5 Å². The van der Waals surface area contributed by atoms with E-state index in [9.17, 15) is 4.79 Å². The molecule has 1 atom stereocenters. The van der Waals surface area contributed by atoms with E-state index >= 15 is 0 Å². The summed E-state index contributed by atoms with van der Waals surface area (Å²) in [6.45, 7) is 4.30. The summed E-state index contributed by atoms with van der Waals surface area (Å²) >= 11 is 1.47. The van der Waals surface area contributed by atoms with Gasteiger partial charge in [-0.05, 0) is 30.7 Å². The van der Waals surface area contributed by atoms with Gasteiger partial charge in [0, 0.05) is 18.6 Å². The summed E-state index contributed by atoms with van der Waals surface area (Å²) in [7, 11) is 0. The summed E-state index contributed by atoms with van der Waals surface area (Å²) in [5.74, 6) is 0.166. The highest BCUT2D eigenvalue weighted by Gasteiger charge is 2.17.